The van der Waals surface area contributed by atoms with E-state index in [1.807, 2.05) is 6.07 Å². The fourth-order valence-corrected chi connectivity index (χ4v) is 5.58. The zero-order valence-corrected chi connectivity index (χ0v) is 24.8. The van der Waals surface area contributed by atoms with Gasteiger partial charge in [0.15, 0.2) is 16.6 Å². The second kappa shape index (κ2) is 9.55. The summed E-state index contributed by atoms with van der Waals surface area (Å²) in [5, 5.41) is 14.8. The van der Waals surface area contributed by atoms with E-state index in [2.05, 4.69) is 104 Å². The molecule has 0 heterocycles. The molecular weight excluding hydrogens is 451 g/mol. The Morgan fingerprint density at radius 2 is 1.09 bits per heavy atom. The lowest BCUT2D eigenvalue weighted by molar-refractivity contribution is 0.277. The highest BCUT2D eigenvalue weighted by molar-refractivity contribution is 6.74. The molecule has 1 N–H and O–H groups in total. The molecule has 3 nitrogen and oxygen atoms in total. The standard InChI is InChI=1S/C28H42BO3Si2/c1-27(2,3)33(7,8)31-18-25-21-13-11-12-14-22(21)26(19-32-34(9,10)28(4,5)6)24-17-20(29-30)15-16-23(24)25/h11-17,30H,18-19H2,1-10H3. The van der Waals surface area contributed by atoms with Crippen LogP contribution in [0.5, 0.6) is 0 Å². The third-order valence-electron chi connectivity index (χ3n) is 8.19. The largest absolute Gasteiger partial charge is 0.450 e. The van der Waals surface area contributed by atoms with E-state index in [1.54, 1.807) is 0 Å². The maximum atomic E-state index is 9.77. The van der Waals surface area contributed by atoms with Crippen molar-refractivity contribution in [2.75, 3.05) is 0 Å². The van der Waals surface area contributed by atoms with Gasteiger partial charge in [-0.25, -0.2) is 0 Å². The van der Waals surface area contributed by atoms with E-state index in [0.717, 1.165) is 10.8 Å². The summed E-state index contributed by atoms with van der Waals surface area (Å²) in [6, 6.07) is 14.8. The minimum absolute atomic E-state index is 0.138. The highest BCUT2D eigenvalue weighted by Gasteiger charge is 2.38. The van der Waals surface area contributed by atoms with Crippen LogP contribution in [0.15, 0.2) is 42.5 Å². The van der Waals surface area contributed by atoms with E-state index in [0.29, 0.717) is 13.2 Å². The second-order valence-electron chi connectivity index (χ2n) is 12.5. The van der Waals surface area contributed by atoms with Crippen LogP contribution in [0.25, 0.3) is 21.5 Å². The quantitative estimate of drug-likeness (QED) is 0.278. The molecule has 3 aromatic carbocycles. The molecule has 0 aromatic heterocycles. The Bertz CT molecular complexity index is 1170. The number of hydrogen-bond donors (Lipinski definition) is 1. The fourth-order valence-electron chi connectivity index (χ4n) is 3.70. The molecule has 0 bridgehead atoms. The first kappa shape index (κ1) is 27.2. The van der Waals surface area contributed by atoms with Gasteiger partial charge < -0.3 is 13.9 Å². The van der Waals surface area contributed by atoms with Crippen LogP contribution in [0.1, 0.15) is 52.7 Å². The molecule has 34 heavy (non-hydrogen) atoms. The van der Waals surface area contributed by atoms with E-state index in [-0.39, 0.29) is 10.1 Å². The number of hydrogen-bond acceptors (Lipinski definition) is 3. The van der Waals surface area contributed by atoms with Gasteiger partial charge in [-0.2, -0.15) is 0 Å². The molecule has 3 rings (SSSR count). The minimum atomic E-state index is -1.94. The Kier molecular flexibility index (Phi) is 7.62. The lowest BCUT2D eigenvalue weighted by Gasteiger charge is -2.37. The van der Waals surface area contributed by atoms with Gasteiger partial charge >= 0.3 is 7.48 Å². The summed E-state index contributed by atoms with van der Waals surface area (Å²) in [4.78, 5) is 0. The normalized spacial score (nSPS) is 13.6. The molecule has 183 valence electrons. The van der Waals surface area contributed by atoms with Crippen molar-refractivity contribution in [2.24, 2.45) is 0 Å². The van der Waals surface area contributed by atoms with Crippen LogP contribution in [0.2, 0.25) is 36.3 Å². The smallest absolute Gasteiger partial charge is 0.326 e. The van der Waals surface area contributed by atoms with Gasteiger partial charge in [0.1, 0.15) is 0 Å². The van der Waals surface area contributed by atoms with Crippen molar-refractivity contribution in [2.45, 2.75) is 91.0 Å². The number of benzene rings is 3. The highest BCUT2D eigenvalue weighted by Crippen LogP contribution is 2.41. The first-order chi connectivity index (χ1) is 15.6. The molecule has 3 aromatic rings. The maximum absolute atomic E-state index is 9.77. The SMILES string of the molecule is CC(C)(C)[Si](C)(C)OCc1c2ccccc2c(CO[Si](C)(C)C(C)(C)C)c2cc([B]O)ccc12. The van der Waals surface area contributed by atoms with Gasteiger partial charge in [-0.3, -0.25) is 0 Å². The first-order valence-electron chi connectivity index (χ1n) is 12.3. The van der Waals surface area contributed by atoms with Crippen molar-refractivity contribution in [3.8, 4) is 0 Å². The summed E-state index contributed by atoms with van der Waals surface area (Å²) in [5.41, 5.74) is 3.21. The monoisotopic (exact) mass is 493 g/mol. The molecule has 0 saturated heterocycles. The molecule has 0 amide bonds. The van der Waals surface area contributed by atoms with Gasteiger partial charge in [-0.05, 0) is 68.9 Å². The van der Waals surface area contributed by atoms with Crippen molar-refractivity contribution in [1.82, 2.24) is 0 Å². The van der Waals surface area contributed by atoms with Gasteiger partial charge in [-0.1, -0.05) is 89.5 Å². The Balaban J connectivity index is 2.20. The van der Waals surface area contributed by atoms with Crippen molar-refractivity contribution in [1.29, 1.82) is 0 Å². The first-order valence-corrected chi connectivity index (χ1v) is 18.1. The Morgan fingerprint density at radius 3 is 1.50 bits per heavy atom. The molecule has 0 aliphatic heterocycles. The van der Waals surface area contributed by atoms with Crippen molar-refractivity contribution in [3.05, 3.63) is 53.6 Å². The Morgan fingerprint density at radius 1 is 0.676 bits per heavy atom. The fraction of sp³-hybridized carbons (Fsp3) is 0.500. The molecule has 0 saturated carbocycles. The summed E-state index contributed by atoms with van der Waals surface area (Å²) in [6.45, 7) is 24.0. The molecule has 0 spiro atoms. The molecule has 0 atom stereocenters. The van der Waals surface area contributed by atoms with Crippen LogP contribution >= 0.6 is 0 Å². The van der Waals surface area contributed by atoms with Crippen LogP contribution in [-0.4, -0.2) is 29.1 Å². The minimum Gasteiger partial charge on any atom is -0.450 e. The average Bonchev–Trinajstić information content (AvgIpc) is 2.73. The predicted molar refractivity (Wildman–Crippen MR) is 153 cm³/mol. The van der Waals surface area contributed by atoms with Crippen LogP contribution in [0, 0.1) is 0 Å². The predicted octanol–water partition coefficient (Wildman–Crippen LogP) is 7.27. The van der Waals surface area contributed by atoms with E-state index in [1.165, 1.54) is 34.8 Å². The van der Waals surface area contributed by atoms with Gasteiger partial charge in [0.05, 0.1) is 13.2 Å². The summed E-state index contributed by atoms with van der Waals surface area (Å²) in [7, 11) is -2.68. The molecule has 1 radical (unpaired) electrons. The lowest BCUT2D eigenvalue weighted by Crippen LogP contribution is -2.40. The lowest BCUT2D eigenvalue weighted by atomic mass is 9.84. The van der Waals surface area contributed by atoms with Crippen molar-refractivity contribution >= 4 is 51.1 Å². The number of rotatable bonds is 7. The van der Waals surface area contributed by atoms with Crippen LogP contribution in [0.4, 0.5) is 0 Å². The van der Waals surface area contributed by atoms with Gasteiger partial charge in [0, 0.05) is 0 Å². The van der Waals surface area contributed by atoms with E-state index < -0.39 is 16.6 Å². The zero-order chi connectivity index (χ0) is 25.5. The van der Waals surface area contributed by atoms with Crippen LogP contribution < -0.4 is 5.46 Å². The molecule has 0 unspecified atom stereocenters. The van der Waals surface area contributed by atoms with Gasteiger partial charge in [0.25, 0.3) is 0 Å². The average molecular weight is 494 g/mol. The highest BCUT2D eigenvalue weighted by atomic mass is 28.4. The third kappa shape index (κ3) is 5.36. The number of fused-ring (bicyclic) bond motifs is 2. The van der Waals surface area contributed by atoms with E-state index >= 15 is 0 Å². The van der Waals surface area contributed by atoms with Crippen molar-refractivity contribution in [3.63, 3.8) is 0 Å². The van der Waals surface area contributed by atoms with E-state index in [9.17, 15) is 5.02 Å². The van der Waals surface area contributed by atoms with Gasteiger partial charge in [-0.15, -0.1) is 0 Å². The summed E-state index contributed by atoms with van der Waals surface area (Å²) >= 11 is 0. The molecule has 0 fully saturated rings. The maximum Gasteiger partial charge on any atom is 0.326 e. The van der Waals surface area contributed by atoms with Crippen molar-refractivity contribution < 1.29 is 13.9 Å². The zero-order valence-electron chi connectivity index (χ0n) is 22.8. The molecule has 0 aliphatic rings. The Labute approximate surface area is 209 Å². The topological polar surface area (TPSA) is 38.7 Å². The van der Waals surface area contributed by atoms with E-state index in [4.69, 9.17) is 8.85 Å². The van der Waals surface area contributed by atoms with Crippen LogP contribution in [-0.2, 0) is 22.1 Å². The third-order valence-corrected chi connectivity index (χ3v) is 17.1. The second-order valence-corrected chi connectivity index (χ2v) is 22.2. The Hall–Kier alpha value is -1.44. The summed E-state index contributed by atoms with van der Waals surface area (Å²) in [6.07, 6.45) is 0. The summed E-state index contributed by atoms with van der Waals surface area (Å²) in [5.74, 6) is 0. The van der Waals surface area contributed by atoms with Gasteiger partial charge in [0.2, 0.25) is 0 Å². The van der Waals surface area contributed by atoms with Crippen LogP contribution in [0.3, 0.4) is 0 Å². The molecule has 6 heteroatoms. The molecule has 0 aliphatic carbocycles. The summed E-state index contributed by atoms with van der Waals surface area (Å²) < 4.78 is 13.4. The molecular formula is C28H42BO3Si2.